The number of esters is 2. The number of ether oxygens (including phenoxy) is 6. The zero-order valence-electron chi connectivity index (χ0n) is 39.0. The second-order valence-electron chi connectivity index (χ2n) is 17.3. The van der Waals surface area contributed by atoms with E-state index < -0.39 is 99.3 Å². The Kier molecular flexibility index (Phi) is 33.3. The van der Waals surface area contributed by atoms with Crippen LogP contribution in [-0.2, 0) is 38.0 Å². The molecule has 0 aliphatic carbocycles. The van der Waals surface area contributed by atoms with Crippen molar-refractivity contribution in [1.82, 2.24) is 0 Å². The molecule has 0 saturated carbocycles. The van der Waals surface area contributed by atoms with Crippen LogP contribution in [0.15, 0.2) is 36.5 Å². The molecule has 0 radical (unpaired) electrons. The number of aliphatic hydroxyl groups is 7. The fourth-order valence-corrected chi connectivity index (χ4v) is 7.48. The Bertz CT molecular complexity index is 1260. The van der Waals surface area contributed by atoms with E-state index in [-0.39, 0.29) is 19.4 Å². The van der Waals surface area contributed by atoms with Gasteiger partial charge >= 0.3 is 11.9 Å². The van der Waals surface area contributed by atoms with Gasteiger partial charge in [0.05, 0.1) is 19.8 Å². The molecule has 0 spiro atoms. The zero-order valence-corrected chi connectivity index (χ0v) is 39.0. The molecular formula is C49H86O15. The molecule has 64 heavy (non-hydrogen) atoms. The van der Waals surface area contributed by atoms with Crippen LogP contribution in [0.5, 0.6) is 0 Å². The highest BCUT2D eigenvalue weighted by atomic mass is 16.7. The number of unbranched alkanes of at least 4 members (excludes halogenated alkanes) is 17. The fraction of sp³-hybridized carbons (Fsp3) is 0.837. The van der Waals surface area contributed by atoms with Crippen LogP contribution in [0.2, 0.25) is 0 Å². The molecule has 7 N–H and O–H groups in total. The first kappa shape index (κ1) is 57.8. The second-order valence-corrected chi connectivity index (χ2v) is 17.3. The van der Waals surface area contributed by atoms with Gasteiger partial charge in [0.15, 0.2) is 18.7 Å². The molecule has 4 unspecified atom stereocenters. The summed E-state index contributed by atoms with van der Waals surface area (Å²) in [5.41, 5.74) is 0. The molecule has 0 bridgehead atoms. The molecule has 0 aromatic carbocycles. The molecule has 2 saturated heterocycles. The summed E-state index contributed by atoms with van der Waals surface area (Å²) >= 11 is 0. The number of aliphatic hydroxyl groups excluding tert-OH is 7. The minimum absolute atomic E-state index is 0.142. The van der Waals surface area contributed by atoms with Crippen molar-refractivity contribution in [3.8, 4) is 0 Å². The van der Waals surface area contributed by atoms with Crippen LogP contribution in [0.3, 0.4) is 0 Å². The lowest BCUT2D eigenvalue weighted by Gasteiger charge is -2.42. The molecule has 372 valence electrons. The molecule has 15 nitrogen and oxygen atoms in total. The Morgan fingerprint density at radius 2 is 0.938 bits per heavy atom. The van der Waals surface area contributed by atoms with Gasteiger partial charge in [0.2, 0.25) is 0 Å². The molecule has 2 heterocycles. The average molecular weight is 915 g/mol. The van der Waals surface area contributed by atoms with E-state index in [0.717, 1.165) is 70.6 Å². The van der Waals surface area contributed by atoms with Crippen LogP contribution >= 0.6 is 0 Å². The first-order valence-corrected chi connectivity index (χ1v) is 24.6. The highest BCUT2D eigenvalue weighted by molar-refractivity contribution is 5.70. The molecule has 2 aliphatic heterocycles. The van der Waals surface area contributed by atoms with Crippen LogP contribution in [-0.4, -0.2) is 142 Å². The normalized spacial score (nSPS) is 26.9. The van der Waals surface area contributed by atoms with Crippen molar-refractivity contribution in [2.24, 2.45) is 0 Å². The summed E-state index contributed by atoms with van der Waals surface area (Å²) in [4.78, 5) is 25.7. The lowest BCUT2D eigenvalue weighted by atomic mass is 9.98. The SMILES string of the molecule is CCCCC/C=C/C/C=C/CCCCCCCC(=O)OC[C@H](CO[C@@H]1O[C@H](CO[C@@H]2O[C@H](CO)[C@H](O)C(O)C2O)[C@H](O)C(O)C1O)OC(=O)CCCCC/C=C/CCCCCCCC. The van der Waals surface area contributed by atoms with Crippen molar-refractivity contribution in [2.75, 3.05) is 26.4 Å². The van der Waals surface area contributed by atoms with E-state index in [2.05, 4.69) is 50.3 Å². The largest absolute Gasteiger partial charge is 0.462 e. The maximum absolute atomic E-state index is 13.0. The van der Waals surface area contributed by atoms with Crippen molar-refractivity contribution in [1.29, 1.82) is 0 Å². The number of carbonyl (C=O) groups excluding carboxylic acids is 2. The Morgan fingerprint density at radius 3 is 1.52 bits per heavy atom. The molecule has 0 aromatic rings. The second kappa shape index (κ2) is 36.8. The van der Waals surface area contributed by atoms with Crippen LogP contribution in [0.25, 0.3) is 0 Å². The standard InChI is InChI=1S/C49H86O15/c1-3-5-7-9-11-13-15-17-18-20-21-23-25-27-29-31-40(51)59-34-37(62-41(52)32-30-28-26-24-22-19-16-14-12-10-8-6-4-2)35-60-48-47(58)45(56)43(54)39(64-48)36-61-49-46(57)44(55)42(53)38(33-50)63-49/h11,13,17-19,22,37-39,42-50,53-58H,3-10,12,14-16,20-21,23-36H2,1-2H3/b13-11+,18-17+,22-19+/t37-,38-,39-,42+,43+,44?,45?,46?,47?,48-,49-/m1/s1. The van der Waals surface area contributed by atoms with Gasteiger partial charge in [-0.05, 0) is 70.6 Å². The minimum Gasteiger partial charge on any atom is -0.462 e. The Morgan fingerprint density at radius 1 is 0.500 bits per heavy atom. The summed E-state index contributed by atoms with van der Waals surface area (Å²) in [5.74, 6) is -0.961. The summed E-state index contributed by atoms with van der Waals surface area (Å²) in [6.45, 7) is 2.51. The number of rotatable bonds is 37. The predicted octanol–water partition coefficient (Wildman–Crippen LogP) is 6.15. The topological polar surface area (TPSA) is 231 Å². The summed E-state index contributed by atoms with van der Waals surface area (Å²) in [6.07, 6.45) is 20.3. The van der Waals surface area contributed by atoms with Gasteiger partial charge in [0, 0.05) is 12.8 Å². The molecule has 15 heteroatoms. The molecule has 0 amide bonds. The van der Waals surface area contributed by atoms with Crippen molar-refractivity contribution >= 4 is 11.9 Å². The van der Waals surface area contributed by atoms with Crippen LogP contribution in [0, 0.1) is 0 Å². The summed E-state index contributed by atoms with van der Waals surface area (Å²) in [7, 11) is 0. The van der Waals surface area contributed by atoms with Gasteiger partial charge in [-0.3, -0.25) is 9.59 Å². The van der Waals surface area contributed by atoms with E-state index in [1.807, 2.05) is 0 Å². The van der Waals surface area contributed by atoms with Gasteiger partial charge in [-0.25, -0.2) is 0 Å². The summed E-state index contributed by atoms with van der Waals surface area (Å²) in [5, 5.41) is 72.0. The third-order valence-electron chi connectivity index (χ3n) is 11.6. The number of hydrogen-bond donors (Lipinski definition) is 7. The van der Waals surface area contributed by atoms with E-state index in [9.17, 15) is 45.3 Å². The molecule has 2 fully saturated rings. The van der Waals surface area contributed by atoms with Crippen LogP contribution in [0.1, 0.15) is 168 Å². The van der Waals surface area contributed by atoms with E-state index in [4.69, 9.17) is 28.4 Å². The first-order chi connectivity index (χ1) is 31.0. The van der Waals surface area contributed by atoms with Gasteiger partial charge in [-0.15, -0.1) is 0 Å². The zero-order chi connectivity index (χ0) is 46.8. The van der Waals surface area contributed by atoms with Gasteiger partial charge in [0.25, 0.3) is 0 Å². The molecule has 0 aromatic heterocycles. The highest BCUT2D eigenvalue weighted by Crippen LogP contribution is 2.26. The van der Waals surface area contributed by atoms with Crippen molar-refractivity contribution in [3.63, 3.8) is 0 Å². The van der Waals surface area contributed by atoms with E-state index in [0.29, 0.717) is 12.8 Å². The molecule has 11 atom stereocenters. The maximum atomic E-state index is 13.0. The van der Waals surface area contributed by atoms with Crippen molar-refractivity contribution < 1.29 is 73.8 Å². The van der Waals surface area contributed by atoms with Gasteiger partial charge in [-0.2, -0.15) is 0 Å². The predicted molar refractivity (Wildman–Crippen MR) is 243 cm³/mol. The van der Waals surface area contributed by atoms with Gasteiger partial charge < -0.3 is 64.2 Å². The monoisotopic (exact) mass is 915 g/mol. The van der Waals surface area contributed by atoms with E-state index in [1.165, 1.54) is 57.8 Å². The lowest BCUT2D eigenvalue weighted by molar-refractivity contribution is -0.332. The van der Waals surface area contributed by atoms with Crippen molar-refractivity contribution in [2.45, 2.75) is 235 Å². The highest BCUT2D eigenvalue weighted by Gasteiger charge is 2.47. The first-order valence-electron chi connectivity index (χ1n) is 24.6. The average Bonchev–Trinajstić information content (AvgIpc) is 3.29. The van der Waals surface area contributed by atoms with Crippen LogP contribution in [0.4, 0.5) is 0 Å². The van der Waals surface area contributed by atoms with Crippen molar-refractivity contribution in [3.05, 3.63) is 36.5 Å². The van der Waals surface area contributed by atoms with Gasteiger partial charge in [0.1, 0.15) is 55.4 Å². The number of allylic oxidation sites excluding steroid dienone is 6. The fourth-order valence-electron chi connectivity index (χ4n) is 7.48. The maximum Gasteiger partial charge on any atom is 0.306 e. The van der Waals surface area contributed by atoms with E-state index in [1.54, 1.807) is 0 Å². The molecule has 2 aliphatic rings. The van der Waals surface area contributed by atoms with Crippen LogP contribution < -0.4 is 0 Å². The van der Waals surface area contributed by atoms with E-state index >= 15 is 0 Å². The van der Waals surface area contributed by atoms with Gasteiger partial charge in [-0.1, -0.05) is 121 Å². The Balaban J connectivity index is 1.84. The summed E-state index contributed by atoms with van der Waals surface area (Å²) in [6, 6.07) is 0. The quantitative estimate of drug-likeness (QED) is 0.0211. The summed E-state index contributed by atoms with van der Waals surface area (Å²) < 4.78 is 33.5. The molecule has 2 rings (SSSR count). The number of carbonyl (C=O) groups is 2. The molecular weight excluding hydrogens is 829 g/mol. The Hall–Kier alpha value is -2.28. The third-order valence-corrected chi connectivity index (χ3v) is 11.6. The Labute approximate surface area is 383 Å². The minimum atomic E-state index is -1.77. The lowest BCUT2D eigenvalue weighted by Crippen LogP contribution is -2.61. The smallest absolute Gasteiger partial charge is 0.306 e. The third kappa shape index (κ3) is 25.0. The number of hydrogen-bond acceptors (Lipinski definition) is 15.